The lowest BCUT2D eigenvalue weighted by Crippen LogP contribution is -2.46. The third kappa shape index (κ3) is 3.01. The SMILES string of the molecule is CC(C1CC1)N(C(=O)CNCC1CC1)C1CC1. The van der Waals surface area contributed by atoms with Gasteiger partial charge in [0, 0.05) is 12.1 Å². The number of amides is 1. The summed E-state index contributed by atoms with van der Waals surface area (Å²) in [6, 6.07) is 1.05. The van der Waals surface area contributed by atoms with E-state index in [1.54, 1.807) is 0 Å². The molecule has 1 unspecified atom stereocenters. The van der Waals surface area contributed by atoms with Gasteiger partial charge in [-0.05, 0) is 63.8 Å². The van der Waals surface area contributed by atoms with E-state index < -0.39 is 0 Å². The van der Waals surface area contributed by atoms with Gasteiger partial charge in [-0.1, -0.05) is 0 Å². The molecular weight excluding hydrogens is 212 g/mol. The maximum atomic E-state index is 12.3. The number of nitrogens with zero attached hydrogens (tertiary/aromatic N) is 1. The maximum Gasteiger partial charge on any atom is 0.237 e. The molecule has 1 N–H and O–H groups in total. The zero-order chi connectivity index (χ0) is 11.8. The Morgan fingerprint density at radius 3 is 2.47 bits per heavy atom. The topological polar surface area (TPSA) is 32.3 Å². The van der Waals surface area contributed by atoms with Gasteiger partial charge in [0.2, 0.25) is 5.91 Å². The number of nitrogens with one attached hydrogen (secondary N) is 1. The van der Waals surface area contributed by atoms with Gasteiger partial charge in [-0.15, -0.1) is 0 Å². The molecule has 0 aromatic carbocycles. The fourth-order valence-corrected chi connectivity index (χ4v) is 2.72. The first-order valence-corrected chi connectivity index (χ1v) is 7.27. The first-order valence-electron chi connectivity index (χ1n) is 7.27. The average molecular weight is 236 g/mol. The third-order valence-corrected chi connectivity index (χ3v) is 4.38. The maximum absolute atomic E-state index is 12.3. The van der Waals surface area contributed by atoms with E-state index >= 15 is 0 Å². The predicted octanol–water partition coefficient (Wildman–Crippen LogP) is 1.78. The summed E-state index contributed by atoms with van der Waals surface area (Å²) in [5.41, 5.74) is 0. The van der Waals surface area contributed by atoms with Crippen LogP contribution in [0.15, 0.2) is 0 Å². The van der Waals surface area contributed by atoms with Crippen molar-refractivity contribution in [1.82, 2.24) is 10.2 Å². The van der Waals surface area contributed by atoms with E-state index in [1.807, 2.05) is 0 Å². The van der Waals surface area contributed by atoms with E-state index in [0.29, 0.717) is 24.5 Å². The van der Waals surface area contributed by atoms with Crippen molar-refractivity contribution in [3.63, 3.8) is 0 Å². The fraction of sp³-hybridized carbons (Fsp3) is 0.929. The summed E-state index contributed by atoms with van der Waals surface area (Å²) >= 11 is 0. The molecule has 96 valence electrons. The highest BCUT2D eigenvalue weighted by Crippen LogP contribution is 2.39. The van der Waals surface area contributed by atoms with Gasteiger partial charge in [0.1, 0.15) is 0 Å². The Morgan fingerprint density at radius 2 is 1.94 bits per heavy atom. The molecule has 1 amide bonds. The minimum absolute atomic E-state index is 0.340. The first-order chi connectivity index (χ1) is 8.25. The van der Waals surface area contributed by atoms with Gasteiger partial charge in [-0.3, -0.25) is 4.79 Å². The second-order valence-electron chi connectivity index (χ2n) is 6.18. The van der Waals surface area contributed by atoms with Crippen LogP contribution in [0.25, 0.3) is 0 Å². The molecular formula is C14H24N2O. The van der Waals surface area contributed by atoms with Crippen LogP contribution in [-0.4, -0.2) is 36.0 Å². The Balaban J connectivity index is 1.48. The zero-order valence-electron chi connectivity index (χ0n) is 10.8. The molecule has 3 fully saturated rings. The second-order valence-corrected chi connectivity index (χ2v) is 6.18. The van der Waals surface area contributed by atoms with E-state index in [-0.39, 0.29) is 0 Å². The van der Waals surface area contributed by atoms with Crippen molar-refractivity contribution in [3.8, 4) is 0 Å². The van der Waals surface area contributed by atoms with Crippen LogP contribution in [0.3, 0.4) is 0 Å². The van der Waals surface area contributed by atoms with Gasteiger partial charge in [-0.25, -0.2) is 0 Å². The Bertz CT molecular complexity index is 293. The molecule has 0 aliphatic heterocycles. The Kier molecular flexibility index (Phi) is 3.12. The summed E-state index contributed by atoms with van der Waals surface area (Å²) in [4.78, 5) is 14.5. The predicted molar refractivity (Wildman–Crippen MR) is 67.6 cm³/mol. The second kappa shape index (κ2) is 4.60. The molecule has 3 aliphatic carbocycles. The number of rotatable bonds is 7. The van der Waals surface area contributed by atoms with Gasteiger partial charge in [0.25, 0.3) is 0 Å². The molecule has 0 aromatic heterocycles. The van der Waals surface area contributed by atoms with Crippen molar-refractivity contribution in [3.05, 3.63) is 0 Å². The van der Waals surface area contributed by atoms with Crippen LogP contribution in [0.5, 0.6) is 0 Å². The highest BCUT2D eigenvalue weighted by molar-refractivity contribution is 5.79. The van der Waals surface area contributed by atoms with Crippen molar-refractivity contribution in [2.75, 3.05) is 13.1 Å². The van der Waals surface area contributed by atoms with Crippen LogP contribution in [0, 0.1) is 11.8 Å². The van der Waals surface area contributed by atoms with E-state index in [2.05, 4.69) is 17.1 Å². The molecule has 0 saturated heterocycles. The molecule has 17 heavy (non-hydrogen) atoms. The van der Waals surface area contributed by atoms with E-state index in [0.717, 1.165) is 18.4 Å². The molecule has 0 aromatic rings. The van der Waals surface area contributed by atoms with E-state index in [9.17, 15) is 4.79 Å². The van der Waals surface area contributed by atoms with Crippen LogP contribution in [-0.2, 0) is 4.79 Å². The van der Waals surface area contributed by atoms with Gasteiger partial charge < -0.3 is 10.2 Å². The minimum Gasteiger partial charge on any atom is -0.336 e. The number of hydrogen-bond acceptors (Lipinski definition) is 2. The molecule has 3 nitrogen and oxygen atoms in total. The number of carbonyl (C=O) groups excluding carboxylic acids is 1. The molecule has 3 heteroatoms. The lowest BCUT2D eigenvalue weighted by Gasteiger charge is -2.29. The smallest absolute Gasteiger partial charge is 0.237 e. The first kappa shape index (κ1) is 11.5. The van der Waals surface area contributed by atoms with Gasteiger partial charge in [0.15, 0.2) is 0 Å². The highest BCUT2D eigenvalue weighted by Gasteiger charge is 2.41. The average Bonchev–Trinajstić information content (AvgIpc) is 3.13. The normalized spacial score (nSPS) is 25.7. The molecule has 3 rings (SSSR count). The van der Waals surface area contributed by atoms with Gasteiger partial charge in [0.05, 0.1) is 6.54 Å². The summed E-state index contributed by atoms with van der Waals surface area (Å²) in [6.07, 6.45) is 7.81. The van der Waals surface area contributed by atoms with E-state index in [1.165, 1.54) is 38.5 Å². The van der Waals surface area contributed by atoms with Gasteiger partial charge in [-0.2, -0.15) is 0 Å². The van der Waals surface area contributed by atoms with Gasteiger partial charge >= 0.3 is 0 Å². The molecule has 0 spiro atoms. The lowest BCUT2D eigenvalue weighted by molar-refractivity contribution is -0.133. The summed E-state index contributed by atoms with van der Waals surface area (Å²) in [5, 5.41) is 3.33. The summed E-state index contributed by atoms with van der Waals surface area (Å²) in [6.45, 7) is 3.85. The third-order valence-electron chi connectivity index (χ3n) is 4.38. The lowest BCUT2D eigenvalue weighted by atomic mass is 10.1. The highest BCUT2D eigenvalue weighted by atomic mass is 16.2. The van der Waals surface area contributed by atoms with Crippen LogP contribution in [0.1, 0.15) is 45.4 Å². The van der Waals surface area contributed by atoms with Crippen LogP contribution in [0.4, 0.5) is 0 Å². The van der Waals surface area contributed by atoms with Crippen LogP contribution >= 0.6 is 0 Å². The Hall–Kier alpha value is -0.570. The molecule has 3 saturated carbocycles. The molecule has 0 heterocycles. The zero-order valence-corrected chi connectivity index (χ0v) is 10.8. The standard InChI is InChI=1S/C14H24N2O/c1-10(12-4-5-12)16(13-6-7-13)14(17)9-15-8-11-2-3-11/h10-13,15H,2-9H2,1H3. The minimum atomic E-state index is 0.340. The number of hydrogen-bond donors (Lipinski definition) is 1. The van der Waals surface area contributed by atoms with Crippen LogP contribution < -0.4 is 5.32 Å². The summed E-state index contributed by atoms with van der Waals surface area (Å²) < 4.78 is 0. The largest absolute Gasteiger partial charge is 0.336 e. The van der Waals surface area contributed by atoms with Crippen molar-refractivity contribution in [2.24, 2.45) is 11.8 Å². The van der Waals surface area contributed by atoms with Crippen molar-refractivity contribution in [2.45, 2.75) is 57.5 Å². The molecule has 0 bridgehead atoms. The van der Waals surface area contributed by atoms with Crippen LogP contribution in [0.2, 0.25) is 0 Å². The summed E-state index contributed by atoms with van der Waals surface area (Å²) in [5.74, 6) is 1.99. The van der Waals surface area contributed by atoms with Crippen molar-refractivity contribution >= 4 is 5.91 Å². The quantitative estimate of drug-likeness (QED) is 0.730. The summed E-state index contributed by atoms with van der Waals surface area (Å²) in [7, 11) is 0. The van der Waals surface area contributed by atoms with E-state index in [4.69, 9.17) is 0 Å². The van der Waals surface area contributed by atoms with Crippen molar-refractivity contribution in [1.29, 1.82) is 0 Å². The Morgan fingerprint density at radius 1 is 1.24 bits per heavy atom. The molecule has 1 atom stereocenters. The number of carbonyl (C=O) groups is 1. The molecule has 0 radical (unpaired) electrons. The Labute approximate surface area is 104 Å². The fourth-order valence-electron chi connectivity index (χ4n) is 2.72. The molecule has 3 aliphatic rings. The monoisotopic (exact) mass is 236 g/mol. The van der Waals surface area contributed by atoms with Crippen molar-refractivity contribution < 1.29 is 4.79 Å².